The lowest BCUT2D eigenvalue weighted by atomic mass is 10.0. The molecule has 13 heavy (non-hydrogen) atoms. The van der Waals surface area contributed by atoms with Crippen LogP contribution in [0.25, 0.3) is 0 Å². The minimum Gasteiger partial charge on any atom is -0.395 e. The molecule has 0 aliphatic carbocycles. The second kappa shape index (κ2) is 4.61. The molecule has 1 atom stereocenters. The van der Waals surface area contributed by atoms with Crippen LogP contribution in [0.3, 0.4) is 0 Å². The van der Waals surface area contributed by atoms with Gasteiger partial charge in [-0.15, -0.1) is 0 Å². The Balaban J connectivity index is 2.81. The number of aliphatic hydroxyl groups excluding tert-OH is 1. The van der Waals surface area contributed by atoms with Crippen molar-refractivity contribution in [3.8, 4) is 0 Å². The topological polar surface area (TPSA) is 46.2 Å². The third-order valence-corrected chi connectivity index (χ3v) is 2.26. The van der Waals surface area contributed by atoms with Crippen molar-refractivity contribution < 1.29 is 5.11 Å². The summed E-state index contributed by atoms with van der Waals surface area (Å²) in [4.78, 5) is 0. The average Bonchev–Trinajstić information content (AvgIpc) is 2.11. The number of benzene rings is 1. The molecule has 0 spiro atoms. The van der Waals surface area contributed by atoms with Gasteiger partial charge < -0.3 is 10.8 Å². The van der Waals surface area contributed by atoms with E-state index in [-0.39, 0.29) is 12.6 Å². The second-order valence-corrected chi connectivity index (χ2v) is 3.65. The molecule has 0 aliphatic rings. The van der Waals surface area contributed by atoms with Gasteiger partial charge in [0.25, 0.3) is 0 Å². The van der Waals surface area contributed by atoms with Gasteiger partial charge in [-0.1, -0.05) is 17.7 Å². The summed E-state index contributed by atoms with van der Waals surface area (Å²) in [6.07, 6.45) is 0.670. The van der Waals surface area contributed by atoms with Gasteiger partial charge in [0, 0.05) is 11.1 Å². The molecule has 3 N–H and O–H groups in total. The zero-order valence-corrected chi connectivity index (χ0v) is 8.38. The van der Waals surface area contributed by atoms with Crippen molar-refractivity contribution >= 4 is 11.6 Å². The van der Waals surface area contributed by atoms with E-state index in [0.717, 1.165) is 11.1 Å². The molecule has 1 aromatic rings. The van der Waals surface area contributed by atoms with E-state index in [1.807, 2.05) is 25.1 Å². The molecule has 1 unspecified atom stereocenters. The first kappa shape index (κ1) is 10.5. The van der Waals surface area contributed by atoms with E-state index in [4.69, 9.17) is 22.4 Å². The maximum absolute atomic E-state index is 8.80. The number of aliphatic hydroxyl groups is 1. The molecule has 72 valence electrons. The van der Waals surface area contributed by atoms with E-state index in [0.29, 0.717) is 11.4 Å². The molecular formula is C10H14ClNO. The van der Waals surface area contributed by atoms with Crippen LogP contribution in [-0.2, 0) is 6.42 Å². The highest BCUT2D eigenvalue weighted by Crippen LogP contribution is 2.16. The third kappa shape index (κ3) is 2.99. The average molecular weight is 200 g/mol. The molecule has 0 aliphatic heterocycles. The van der Waals surface area contributed by atoms with Gasteiger partial charge in [0.1, 0.15) is 0 Å². The molecular weight excluding hydrogens is 186 g/mol. The number of hydrogen-bond acceptors (Lipinski definition) is 2. The van der Waals surface area contributed by atoms with Crippen LogP contribution in [0.1, 0.15) is 11.1 Å². The highest BCUT2D eigenvalue weighted by Gasteiger charge is 2.05. The Hall–Kier alpha value is -0.570. The number of aryl methyl sites for hydroxylation is 1. The highest BCUT2D eigenvalue weighted by molar-refractivity contribution is 6.30. The summed E-state index contributed by atoms with van der Waals surface area (Å²) in [5.41, 5.74) is 7.90. The van der Waals surface area contributed by atoms with Gasteiger partial charge in [0.2, 0.25) is 0 Å². The van der Waals surface area contributed by atoms with Gasteiger partial charge in [-0.25, -0.2) is 0 Å². The molecule has 0 aromatic heterocycles. The largest absolute Gasteiger partial charge is 0.395 e. The quantitative estimate of drug-likeness (QED) is 0.776. The lowest BCUT2D eigenvalue weighted by molar-refractivity contribution is 0.265. The highest BCUT2D eigenvalue weighted by atomic mass is 35.5. The molecule has 0 saturated carbocycles. The van der Waals surface area contributed by atoms with E-state index in [2.05, 4.69) is 0 Å². The normalized spacial score (nSPS) is 12.9. The van der Waals surface area contributed by atoms with Crippen LogP contribution in [0.2, 0.25) is 5.02 Å². The van der Waals surface area contributed by atoms with Gasteiger partial charge in [0.05, 0.1) is 6.61 Å². The molecule has 0 saturated heterocycles. The smallest absolute Gasteiger partial charge is 0.0585 e. The summed E-state index contributed by atoms with van der Waals surface area (Å²) in [6.45, 7) is 2.02. The fourth-order valence-corrected chi connectivity index (χ4v) is 1.40. The molecule has 0 heterocycles. The van der Waals surface area contributed by atoms with Gasteiger partial charge >= 0.3 is 0 Å². The Morgan fingerprint density at radius 2 is 2.23 bits per heavy atom. The summed E-state index contributed by atoms with van der Waals surface area (Å²) in [7, 11) is 0. The van der Waals surface area contributed by atoms with Crippen LogP contribution < -0.4 is 5.73 Å². The lowest BCUT2D eigenvalue weighted by Gasteiger charge is -2.10. The third-order valence-electron chi connectivity index (χ3n) is 2.03. The molecule has 1 aromatic carbocycles. The first-order valence-electron chi connectivity index (χ1n) is 4.25. The van der Waals surface area contributed by atoms with Crippen LogP contribution in [0.15, 0.2) is 18.2 Å². The fraction of sp³-hybridized carbons (Fsp3) is 0.400. The molecule has 1 rings (SSSR count). The Labute approximate surface area is 83.3 Å². The maximum atomic E-state index is 8.80. The van der Waals surface area contributed by atoms with E-state index in [1.54, 1.807) is 0 Å². The van der Waals surface area contributed by atoms with Crippen LogP contribution >= 0.6 is 11.6 Å². The summed E-state index contributed by atoms with van der Waals surface area (Å²) in [6, 6.07) is 5.51. The number of hydrogen-bond donors (Lipinski definition) is 2. The summed E-state index contributed by atoms with van der Waals surface area (Å²) in [5, 5.41) is 9.51. The first-order valence-corrected chi connectivity index (χ1v) is 4.62. The SMILES string of the molecule is Cc1ccc(Cl)cc1CC(N)CO. The predicted octanol–water partition coefficient (Wildman–Crippen LogP) is 1.51. The van der Waals surface area contributed by atoms with Crippen LogP contribution in [0.4, 0.5) is 0 Å². The van der Waals surface area contributed by atoms with E-state index < -0.39 is 0 Å². The first-order chi connectivity index (χ1) is 6.13. The van der Waals surface area contributed by atoms with Gasteiger partial charge in [0.15, 0.2) is 0 Å². The van der Waals surface area contributed by atoms with E-state index >= 15 is 0 Å². The Bertz CT molecular complexity index is 288. The van der Waals surface area contributed by atoms with Gasteiger partial charge in [-0.05, 0) is 36.6 Å². The Morgan fingerprint density at radius 3 is 2.85 bits per heavy atom. The monoisotopic (exact) mass is 199 g/mol. The van der Waals surface area contributed by atoms with Crippen LogP contribution in [-0.4, -0.2) is 17.8 Å². The Kier molecular flexibility index (Phi) is 3.72. The fourth-order valence-electron chi connectivity index (χ4n) is 1.21. The van der Waals surface area contributed by atoms with E-state index in [9.17, 15) is 0 Å². The number of nitrogens with two attached hydrogens (primary N) is 1. The van der Waals surface area contributed by atoms with Crippen molar-refractivity contribution in [1.82, 2.24) is 0 Å². The Morgan fingerprint density at radius 1 is 1.54 bits per heavy atom. The van der Waals surface area contributed by atoms with Crippen molar-refractivity contribution in [2.45, 2.75) is 19.4 Å². The number of halogens is 1. The van der Waals surface area contributed by atoms with Crippen molar-refractivity contribution in [2.75, 3.05) is 6.61 Å². The standard InChI is InChI=1S/C10H14ClNO/c1-7-2-3-9(11)4-8(7)5-10(12)6-13/h2-4,10,13H,5-6,12H2,1H3. The maximum Gasteiger partial charge on any atom is 0.0585 e. The molecule has 0 radical (unpaired) electrons. The van der Waals surface area contributed by atoms with Crippen molar-refractivity contribution in [2.24, 2.45) is 5.73 Å². The second-order valence-electron chi connectivity index (χ2n) is 3.22. The molecule has 0 amide bonds. The molecule has 0 fully saturated rings. The van der Waals surface area contributed by atoms with E-state index in [1.165, 1.54) is 0 Å². The molecule has 0 bridgehead atoms. The zero-order chi connectivity index (χ0) is 9.84. The lowest BCUT2D eigenvalue weighted by Crippen LogP contribution is -2.27. The van der Waals surface area contributed by atoms with Crippen LogP contribution in [0, 0.1) is 6.92 Å². The summed E-state index contributed by atoms with van der Waals surface area (Å²) >= 11 is 5.84. The molecule has 3 heteroatoms. The van der Waals surface area contributed by atoms with Crippen molar-refractivity contribution in [3.63, 3.8) is 0 Å². The number of rotatable bonds is 3. The van der Waals surface area contributed by atoms with Crippen molar-refractivity contribution in [1.29, 1.82) is 0 Å². The molecule has 2 nitrogen and oxygen atoms in total. The van der Waals surface area contributed by atoms with Crippen molar-refractivity contribution in [3.05, 3.63) is 34.3 Å². The van der Waals surface area contributed by atoms with Gasteiger partial charge in [-0.2, -0.15) is 0 Å². The summed E-state index contributed by atoms with van der Waals surface area (Å²) < 4.78 is 0. The van der Waals surface area contributed by atoms with Gasteiger partial charge in [-0.3, -0.25) is 0 Å². The zero-order valence-electron chi connectivity index (χ0n) is 7.63. The van der Waals surface area contributed by atoms with Crippen LogP contribution in [0.5, 0.6) is 0 Å². The predicted molar refractivity (Wildman–Crippen MR) is 55.0 cm³/mol. The minimum absolute atomic E-state index is 0.00591. The minimum atomic E-state index is -0.197. The summed E-state index contributed by atoms with van der Waals surface area (Å²) in [5.74, 6) is 0.